The van der Waals surface area contributed by atoms with Gasteiger partial charge < -0.3 is 4.90 Å². The molecule has 5 heteroatoms. The lowest BCUT2D eigenvalue weighted by molar-refractivity contribution is -0.134. The number of carbonyl (C=O) groups is 1. The Morgan fingerprint density at radius 2 is 1.96 bits per heavy atom. The van der Waals surface area contributed by atoms with E-state index in [9.17, 15) is 4.79 Å². The third kappa shape index (κ3) is 3.68. The first kappa shape index (κ1) is 17.3. The molecule has 138 valence electrons. The van der Waals surface area contributed by atoms with E-state index >= 15 is 0 Å². The summed E-state index contributed by atoms with van der Waals surface area (Å²) in [4.78, 5) is 17.4. The molecule has 1 aliphatic heterocycles. The summed E-state index contributed by atoms with van der Waals surface area (Å²) in [5, 5.41) is 4.24. The minimum atomic E-state index is 0.159. The molecule has 2 aliphatic rings. The molecular formula is C21H28N4O. The lowest BCUT2D eigenvalue weighted by atomic mass is 10.0. The van der Waals surface area contributed by atoms with Crippen molar-refractivity contribution in [1.29, 1.82) is 0 Å². The summed E-state index contributed by atoms with van der Waals surface area (Å²) in [6.45, 7) is 3.14. The standard InChI is InChI=1S/C21H28N4O/c1-23-15-17(13-22-23)19-12-20(19)21(26)24(2)18-8-10-25(11-9-18)14-16-6-4-3-5-7-16/h3-7,13,15,18-20H,8-12,14H2,1-2H3/t19-,20+/m0/s1. The van der Waals surface area contributed by atoms with Gasteiger partial charge in [0, 0.05) is 51.9 Å². The first-order valence-electron chi connectivity index (χ1n) is 9.63. The number of piperidine rings is 1. The van der Waals surface area contributed by atoms with Crippen LogP contribution in [0.25, 0.3) is 0 Å². The number of hydrogen-bond acceptors (Lipinski definition) is 3. The second-order valence-corrected chi connectivity index (χ2v) is 7.84. The van der Waals surface area contributed by atoms with E-state index in [-0.39, 0.29) is 5.92 Å². The van der Waals surface area contributed by atoms with Crippen LogP contribution in [-0.2, 0) is 18.4 Å². The smallest absolute Gasteiger partial charge is 0.226 e. The largest absolute Gasteiger partial charge is 0.342 e. The molecule has 2 aromatic rings. The molecular weight excluding hydrogens is 324 g/mol. The van der Waals surface area contributed by atoms with Crippen molar-refractivity contribution in [2.24, 2.45) is 13.0 Å². The van der Waals surface area contributed by atoms with E-state index in [1.54, 1.807) is 0 Å². The zero-order valence-electron chi connectivity index (χ0n) is 15.7. The molecule has 0 unspecified atom stereocenters. The second kappa shape index (κ2) is 7.23. The quantitative estimate of drug-likeness (QED) is 0.831. The van der Waals surface area contributed by atoms with Gasteiger partial charge in [0.15, 0.2) is 0 Å². The van der Waals surface area contributed by atoms with Crippen LogP contribution in [0.4, 0.5) is 0 Å². The van der Waals surface area contributed by atoms with Gasteiger partial charge in [-0.15, -0.1) is 0 Å². The van der Waals surface area contributed by atoms with Gasteiger partial charge in [-0.3, -0.25) is 14.4 Å². The molecule has 4 rings (SSSR count). The Bertz CT molecular complexity index is 748. The first-order chi connectivity index (χ1) is 12.6. The summed E-state index contributed by atoms with van der Waals surface area (Å²) in [7, 11) is 3.93. The maximum Gasteiger partial charge on any atom is 0.226 e. The Kier molecular flexibility index (Phi) is 4.81. The Labute approximate surface area is 155 Å². The molecule has 1 aliphatic carbocycles. The van der Waals surface area contributed by atoms with Crippen LogP contribution < -0.4 is 0 Å². The molecule has 1 amide bonds. The zero-order chi connectivity index (χ0) is 18.1. The maximum atomic E-state index is 12.9. The van der Waals surface area contributed by atoms with E-state index in [4.69, 9.17) is 0 Å². The number of carbonyl (C=O) groups excluding carboxylic acids is 1. The van der Waals surface area contributed by atoms with Gasteiger partial charge in [0.25, 0.3) is 0 Å². The fourth-order valence-electron chi connectivity index (χ4n) is 4.22. The third-order valence-electron chi connectivity index (χ3n) is 5.96. The normalized spacial score (nSPS) is 23.8. The number of benzene rings is 1. The Hall–Kier alpha value is -2.14. The van der Waals surface area contributed by atoms with E-state index in [0.717, 1.165) is 38.9 Å². The van der Waals surface area contributed by atoms with E-state index < -0.39 is 0 Å². The van der Waals surface area contributed by atoms with E-state index in [0.29, 0.717) is 17.9 Å². The summed E-state index contributed by atoms with van der Waals surface area (Å²) >= 11 is 0. The van der Waals surface area contributed by atoms with Crippen molar-refractivity contribution >= 4 is 5.91 Å². The molecule has 0 spiro atoms. The van der Waals surface area contributed by atoms with Crippen molar-refractivity contribution in [3.05, 3.63) is 53.9 Å². The zero-order valence-corrected chi connectivity index (χ0v) is 15.7. The SMILES string of the molecule is CN(C(=O)[C@@H]1C[C@H]1c1cnn(C)c1)C1CCN(Cc2ccccc2)CC1. The number of amides is 1. The second-order valence-electron chi connectivity index (χ2n) is 7.84. The number of likely N-dealkylation sites (tertiary alicyclic amines) is 1. The Morgan fingerprint density at radius 1 is 1.23 bits per heavy atom. The lowest BCUT2D eigenvalue weighted by Gasteiger charge is -2.37. The van der Waals surface area contributed by atoms with Gasteiger partial charge in [-0.05, 0) is 36.3 Å². The number of aromatic nitrogens is 2. The van der Waals surface area contributed by atoms with Gasteiger partial charge in [0.2, 0.25) is 5.91 Å². The Balaban J connectivity index is 1.27. The topological polar surface area (TPSA) is 41.4 Å². The minimum Gasteiger partial charge on any atom is -0.342 e. The van der Waals surface area contributed by atoms with Gasteiger partial charge in [0.05, 0.1) is 6.20 Å². The van der Waals surface area contributed by atoms with Crippen LogP contribution in [-0.4, -0.2) is 51.7 Å². The third-order valence-corrected chi connectivity index (χ3v) is 5.96. The Morgan fingerprint density at radius 3 is 2.62 bits per heavy atom. The van der Waals surface area contributed by atoms with Crippen LogP contribution in [0, 0.1) is 5.92 Å². The summed E-state index contributed by atoms with van der Waals surface area (Å²) in [6.07, 6.45) is 7.06. The number of aryl methyl sites for hydroxylation is 1. The van der Waals surface area contributed by atoms with Gasteiger partial charge in [-0.1, -0.05) is 30.3 Å². The summed E-state index contributed by atoms with van der Waals surface area (Å²) in [6, 6.07) is 11.0. The molecule has 2 fully saturated rings. The molecule has 1 saturated heterocycles. The van der Waals surface area contributed by atoms with Crippen molar-refractivity contribution in [3.63, 3.8) is 0 Å². The van der Waals surface area contributed by atoms with Crippen molar-refractivity contribution in [2.75, 3.05) is 20.1 Å². The van der Waals surface area contributed by atoms with Crippen LogP contribution in [0.3, 0.4) is 0 Å². The van der Waals surface area contributed by atoms with Crippen LogP contribution in [0.2, 0.25) is 0 Å². The van der Waals surface area contributed by atoms with Gasteiger partial charge in [0.1, 0.15) is 0 Å². The fourth-order valence-corrected chi connectivity index (χ4v) is 4.22. The summed E-state index contributed by atoms with van der Waals surface area (Å²) in [5.74, 6) is 0.851. The minimum absolute atomic E-state index is 0.159. The van der Waals surface area contributed by atoms with Crippen molar-refractivity contribution < 1.29 is 4.79 Å². The molecule has 0 radical (unpaired) electrons. The van der Waals surface area contributed by atoms with Gasteiger partial charge in [-0.2, -0.15) is 5.10 Å². The van der Waals surface area contributed by atoms with Crippen molar-refractivity contribution in [1.82, 2.24) is 19.6 Å². The van der Waals surface area contributed by atoms with Crippen molar-refractivity contribution in [3.8, 4) is 0 Å². The monoisotopic (exact) mass is 352 g/mol. The molecule has 1 aromatic heterocycles. The number of nitrogens with zero attached hydrogens (tertiary/aromatic N) is 4. The van der Waals surface area contributed by atoms with Gasteiger partial charge in [-0.25, -0.2) is 0 Å². The summed E-state index contributed by atoms with van der Waals surface area (Å²) < 4.78 is 1.82. The highest BCUT2D eigenvalue weighted by molar-refractivity contribution is 5.83. The molecule has 1 aromatic carbocycles. The predicted molar refractivity (Wildman–Crippen MR) is 102 cm³/mol. The molecule has 2 heterocycles. The summed E-state index contributed by atoms with van der Waals surface area (Å²) in [5.41, 5.74) is 2.57. The molecule has 2 atom stereocenters. The van der Waals surface area contributed by atoms with E-state index in [1.807, 2.05) is 36.1 Å². The molecule has 1 saturated carbocycles. The number of rotatable bonds is 5. The van der Waals surface area contributed by atoms with Crippen LogP contribution in [0.1, 0.15) is 36.3 Å². The average Bonchev–Trinajstić information content (AvgIpc) is 3.35. The lowest BCUT2D eigenvalue weighted by Crippen LogP contribution is -2.45. The van der Waals surface area contributed by atoms with Crippen LogP contribution in [0.15, 0.2) is 42.7 Å². The highest BCUT2D eigenvalue weighted by Gasteiger charge is 2.46. The highest BCUT2D eigenvalue weighted by Crippen LogP contribution is 2.48. The van der Waals surface area contributed by atoms with E-state index in [2.05, 4.69) is 40.3 Å². The predicted octanol–water partition coefficient (Wildman–Crippen LogP) is 2.65. The fraction of sp³-hybridized carbons (Fsp3) is 0.524. The molecule has 0 bridgehead atoms. The van der Waals surface area contributed by atoms with Crippen LogP contribution in [0.5, 0.6) is 0 Å². The first-order valence-corrected chi connectivity index (χ1v) is 9.63. The van der Waals surface area contributed by atoms with Crippen molar-refractivity contribution in [2.45, 2.75) is 37.8 Å². The highest BCUT2D eigenvalue weighted by atomic mass is 16.2. The molecule has 5 nitrogen and oxygen atoms in total. The average molecular weight is 352 g/mol. The maximum absolute atomic E-state index is 12.9. The molecule has 26 heavy (non-hydrogen) atoms. The number of hydrogen-bond donors (Lipinski definition) is 0. The van der Waals surface area contributed by atoms with Crippen LogP contribution >= 0.6 is 0 Å². The van der Waals surface area contributed by atoms with E-state index in [1.165, 1.54) is 11.1 Å². The van der Waals surface area contributed by atoms with Gasteiger partial charge >= 0.3 is 0 Å². The molecule has 0 N–H and O–H groups in total.